The summed E-state index contributed by atoms with van der Waals surface area (Å²) in [7, 11) is 1.57. The van der Waals surface area contributed by atoms with Gasteiger partial charge in [0.1, 0.15) is 11.4 Å². The summed E-state index contributed by atoms with van der Waals surface area (Å²) in [6.45, 7) is 4.02. The standard InChI is InChI=1S/C21H25N3O4/c1-15-6-5-11-23(14-15)18-10-9-16(12-19(18)24(26)27)21(25)22-13-17-7-3-4-8-20(17)28-2/h3-4,7-10,12,15H,5-6,11,13-14H2,1-2H3,(H,22,25). The number of hydrogen-bond acceptors (Lipinski definition) is 5. The van der Waals surface area contributed by atoms with Crippen molar-refractivity contribution in [3.63, 3.8) is 0 Å². The summed E-state index contributed by atoms with van der Waals surface area (Å²) in [5.41, 5.74) is 1.67. The van der Waals surface area contributed by atoms with Gasteiger partial charge in [0, 0.05) is 36.8 Å². The Morgan fingerprint density at radius 2 is 2.11 bits per heavy atom. The van der Waals surface area contributed by atoms with Crippen LogP contribution in [-0.2, 0) is 6.54 Å². The number of hydrogen-bond donors (Lipinski definition) is 1. The van der Waals surface area contributed by atoms with Crippen LogP contribution >= 0.6 is 0 Å². The van der Waals surface area contributed by atoms with Crippen molar-refractivity contribution >= 4 is 17.3 Å². The summed E-state index contributed by atoms with van der Waals surface area (Å²) >= 11 is 0. The molecule has 7 heteroatoms. The van der Waals surface area contributed by atoms with Gasteiger partial charge in [0.25, 0.3) is 11.6 Å². The van der Waals surface area contributed by atoms with Crippen LogP contribution in [0.2, 0.25) is 0 Å². The summed E-state index contributed by atoms with van der Waals surface area (Å²) in [5.74, 6) is 0.827. The zero-order valence-corrected chi connectivity index (χ0v) is 16.2. The van der Waals surface area contributed by atoms with Crippen LogP contribution in [-0.4, -0.2) is 31.0 Å². The molecule has 2 aromatic rings. The van der Waals surface area contributed by atoms with E-state index in [2.05, 4.69) is 12.2 Å². The molecular formula is C21H25N3O4. The fraction of sp³-hybridized carbons (Fsp3) is 0.381. The van der Waals surface area contributed by atoms with E-state index in [4.69, 9.17) is 4.74 Å². The Bertz CT molecular complexity index is 868. The molecule has 1 N–H and O–H groups in total. The molecule has 148 valence electrons. The lowest BCUT2D eigenvalue weighted by Crippen LogP contribution is -2.34. The number of methoxy groups -OCH3 is 1. The van der Waals surface area contributed by atoms with Crippen molar-refractivity contribution in [2.45, 2.75) is 26.3 Å². The highest BCUT2D eigenvalue weighted by Gasteiger charge is 2.25. The van der Waals surface area contributed by atoms with Gasteiger partial charge < -0.3 is 15.0 Å². The SMILES string of the molecule is COc1ccccc1CNC(=O)c1ccc(N2CCCC(C)C2)c([N+](=O)[O-])c1. The minimum atomic E-state index is -0.411. The Kier molecular flexibility index (Phi) is 6.13. The van der Waals surface area contributed by atoms with Gasteiger partial charge in [0.05, 0.1) is 12.0 Å². The third-order valence-electron chi connectivity index (χ3n) is 5.06. The van der Waals surface area contributed by atoms with Crippen LogP contribution in [0, 0.1) is 16.0 Å². The van der Waals surface area contributed by atoms with Crippen LogP contribution in [0.1, 0.15) is 35.7 Å². The number of anilines is 1. The predicted molar refractivity (Wildman–Crippen MR) is 108 cm³/mol. The van der Waals surface area contributed by atoms with E-state index in [1.807, 2.05) is 29.2 Å². The maximum atomic E-state index is 12.5. The normalized spacial score (nSPS) is 16.5. The minimum Gasteiger partial charge on any atom is -0.496 e. The first-order valence-electron chi connectivity index (χ1n) is 9.43. The number of para-hydroxylation sites is 1. The van der Waals surface area contributed by atoms with Gasteiger partial charge in [0.2, 0.25) is 0 Å². The molecule has 0 aliphatic carbocycles. The van der Waals surface area contributed by atoms with Gasteiger partial charge in [-0.05, 0) is 37.0 Å². The molecule has 1 aliphatic rings. The van der Waals surface area contributed by atoms with E-state index < -0.39 is 4.92 Å². The Hall–Kier alpha value is -3.09. The highest BCUT2D eigenvalue weighted by atomic mass is 16.6. The number of amides is 1. The molecule has 1 unspecified atom stereocenters. The first kappa shape index (κ1) is 19.7. The van der Waals surface area contributed by atoms with Crippen molar-refractivity contribution in [2.24, 2.45) is 5.92 Å². The van der Waals surface area contributed by atoms with Gasteiger partial charge >= 0.3 is 0 Å². The number of carbonyl (C=O) groups is 1. The fourth-order valence-corrected chi connectivity index (χ4v) is 3.61. The van der Waals surface area contributed by atoms with E-state index in [0.29, 0.717) is 17.4 Å². The Balaban J connectivity index is 1.77. The Labute approximate surface area is 164 Å². The summed E-state index contributed by atoms with van der Waals surface area (Å²) in [6, 6.07) is 12.1. The van der Waals surface area contributed by atoms with Crippen molar-refractivity contribution in [3.05, 3.63) is 63.7 Å². The summed E-state index contributed by atoms with van der Waals surface area (Å²) < 4.78 is 5.28. The van der Waals surface area contributed by atoms with Crippen LogP contribution in [0.4, 0.5) is 11.4 Å². The van der Waals surface area contributed by atoms with Gasteiger partial charge in [-0.25, -0.2) is 0 Å². The van der Waals surface area contributed by atoms with Gasteiger partial charge in [-0.2, -0.15) is 0 Å². The second kappa shape index (κ2) is 8.73. The molecule has 0 radical (unpaired) electrons. The van der Waals surface area contributed by atoms with Gasteiger partial charge in [0.15, 0.2) is 0 Å². The number of nitro groups is 1. The van der Waals surface area contributed by atoms with Crippen molar-refractivity contribution in [1.29, 1.82) is 0 Å². The molecule has 1 heterocycles. The smallest absolute Gasteiger partial charge is 0.293 e. The van der Waals surface area contributed by atoms with Crippen LogP contribution in [0.5, 0.6) is 5.75 Å². The van der Waals surface area contributed by atoms with E-state index in [1.165, 1.54) is 6.07 Å². The molecule has 0 aromatic heterocycles. The Morgan fingerprint density at radius 1 is 1.32 bits per heavy atom. The topological polar surface area (TPSA) is 84.7 Å². The summed E-state index contributed by atoms with van der Waals surface area (Å²) in [4.78, 5) is 25.8. The molecule has 3 rings (SSSR count). The number of piperidine rings is 1. The molecule has 1 atom stereocenters. The quantitative estimate of drug-likeness (QED) is 0.606. The number of nitrogens with one attached hydrogen (secondary N) is 1. The van der Waals surface area contributed by atoms with Crippen LogP contribution in [0.25, 0.3) is 0 Å². The molecule has 0 bridgehead atoms. The highest BCUT2D eigenvalue weighted by Crippen LogP contribution is 2.32. The molecular weight excluding hydrogens is 358 g/mol. The van der Waals surface area contributed by atoms with E-state index >= 15 is 0 Å². The third-order valence-corrected chi connectivity index (χ3v) is 5.06. The monoisotopic (exact) mass is 383 g/mol. The van der Waals surface area contributed by atoms with Gasteiger partial charge in [-0.1, -0.05) is 25.1 Å². The van der Waals surface area contributed by atoms with E-state index in [0.717, 1.165) is 31.5 Å². The van der Waals surface area contributed by atoms with Crippen LogP contribution in [0.3, 0.4) is 0 Å². The second-order valence-electron chi connectivity index (χ2n) is 7.15. The van der Waals surface area contributed by atoms with Crippen LogP contribution in [0.15, 0.2) is 42.5 Å². The van der Waals surface area contributed by atoms with E-state index in [9.17, 15) is 14.9 Å². The predicted octanol–water partition coefficient (Wildman–Crippen LogP) is 3.77. The summed E-state index contributed by atoms with van der Waals surface area (Å²) in [5, 5.41) is 14.4. The second-order valence-corrected chi connectivity index (χ2v) is 7.15. The molecule has 2 aromatic carbocycles. The average molecular weight is 383 g/mol. The van der Waals surface area contributed by atoms with Crippen molar-refractivity contribution in [3.8, 4) is 5.75 Å². The lowest BCUT2D eigenvalue weighted by atomic mass is 9.99. The first-order chi connectivity index (χ1) is 13.5. The van der Waals surface area contributed by atoms with Crippen molar-refractivity contribution < 1.29 is 14.5 Å². The maximum absolute atomic E-state index is 12.5. The van der Waals surface area contributed by atoms with Crippen molar-refractivity contribution in [2.75, 3.05) is 25.1 Å². The molecule has 0 spiro atoms. The maximum Gasteiger partial charge on any atom is 0.293 e. The first-order valence-corrected chi connectivity index (χ1v) is 9.43. The number of rotatable bonds is 6. The van der Waals surface area contributed by atoms with E-state index in [-0.39, 0.29) is 23.7 Å². The molecule has 1 amide bonds. The Morgan fingerprint density at radius 3 is 2.82 bits per heavy atom. The van der Waals surface area contributed by atoms with Gasteiger partial charge in [-0.3, -0.25) is 14.9 Å². The molecule has 1 saturated heterocycles. The average Bonchev–Trinajstić information content (AvgIpc) is 2.71. The zero-order valence-electron chi connectivity index (χ0n) is 16.2. The third kappa shape index (κ3) is 4.42. The van der Waals surface area contributed by atoms with Crippen molar-refractivity contribution in [1.82, 2.24) is 5.32 Å². The lowest BCUT2D eigenvalue weighted by molar-refractivity contribution is -0.384. The number of nitro benzene ring substituents is 1. The van der Waals surface area contributed by atoms with Gasteiger partial charge in [-0.15, -0.1) is 0 Å². The van der Waals surface area contributed by atoms with E-state index in [1.54, 1.807) is 19.2 Å². The number of carbonyl (C=O) groups excluding carboxylic acids is 1. The fourth-order valence-electron chi connectivity index (χ4n) is 3.61. The minimum absolute atomic E-state index is 0.0287. The summed E-state index contributed by atoms with van der Waals surface area (Å²) in [6.07, 6.45) is 2.15. The number of nitrogens with zero attached hydrogens (tertiary/aromatic N) is 2. The molecule has 7 nitrogen and oxygen atoms in total. The molecule has 28 heavy (non-hydrogen) atoms. The molecule has 1 fully saturated rings. The number of ether oxygens (including phenoxy) is 1. The zero-order chi connectivity index (χ0) is 20.1. The molecule has 0 saturated carbocycles. The number of benzene rings is 2. The molecule has 1 aliphatic heterocycles. The largest absolute Gasteiger partial charge is 0.496 e. The highest BCUT2D eigenvalue weighted by molar-refractivity contribution is 5.95. The van der Waals surface area contributed by atoms with Crippen LogP contribution < -0.4 is 15.0 Å². The lowest BCUT2D eigenvalue weighted by Gasteiger charge is -2.32.